The van der Waals surface area contributed by atoms with Crippen LogP contribution in [0.5, 0.6) is 0 Å². The lowest BCUT2D eigenvalue weighted by atomic mass is 10.0. The van der Waals surface area contributed by atoms with Crippen molar-refractivity contribution < 1.29 is 9.59 Å². The minimum Gasteiger partial charge on any atom is -0.290 e. The minimum atomic E-state index is -0.142. The number of likely N-dealkylation sites (tertiary alicyclic amines) is 1. The smallest absolute Gasteiger partial charge is 0.257 e. The normalized spacial score (nSPS) is 22.8. The molecule has 0 radical (unpaired) electrons. The monoisotopic (exact) mass is 247 g/mol. The first-order chi connectivity index (χ1) is 8.56. The van der Waals surface area contributed by atoms with E-state index < -0.39 is 0 Å². The predicted molar refractivity (Wildman–Crippen MR) is 65.3 cm³/mol. The molecular formula is C13H17N3O2. The van der Waals surface area contributed by atoms with Gasteiger partial charge in [0.2, 0.25) is 0 Å². The van der Waals surface area contributed by atoms with Gasteiger partial charge in [0.25, 0.3) is 11.8 Å². The van der Waals surface area contributed by atoms with E-state index in [4.69, 9.17) is 5.26 Å². The van der Waals surface area contributed by atoms with Gasteiger partial charge >= 0.3 is 0 Å². The zero-order chi connectivity index (χ0) is 13.3. The molecule has 0 aromatic heterocycles. The Bertz CT molecular complexity index is 429. The van der Waals surface area contributed by atoms with E-state index in [0.717, 1.165) is 25.9 Å². The van der Waals surface area contributed by atoms with Gasteiger partial charge in [-0.1, -0.05) is 0 Å². The molecule has 1 saturated heterocycles. The van der Waals surface area contributed by atoms with Crippen LogP contribution in [0.3, 0.4) is 0 Å². The van der Waals surface area contributed by atoms with Crippen molar-refractivity contribution in [2.24, 2.45) is 0 Å². The summed E-state index contributed by atoms with van der Waals surface area (Å²) in [5.74, 6) is -0.285. The lowest BCUT2D eigenvalue weighted by Gasteiger charge is -2.34. The molecule has 0 saturated carbocycles. The number of piperidine rings is 1. The fraction of sp³-hybridized carbons (Fsp3) is 0.615. The van der Waals surface area contributed by atoms with Crippen molar-refractivity contribution in [3.63, 3.8) is 0 Å². The summed E-state index contributed by atoms with van der Waals surface area (Å²) in [4.78, 5) is 27.5. The van der Waals surface area contributed by atoms with Crippen LogP contribution >= 0.6 is 0 Å². The maximum atomic E-state index is 12.0. The highest BCUT2D eigenvalue weighted by Crippen LogP contribution is 2.26. The van der Waals surface area contributed by atoms with Crippen molar-refractivity contribution in [3.8, 4) is 6.07 Å². The summed E-state index contributed by atoms with van der Waals surface area (Å²) in [6.45, 7) is 5.38. The third kappa shape index (κ3) is 2.04. The molecule has 0 aromatic carbocycles. The average molecular weight is 247 g/mol. The molecule has 2 amide bonds. The third-order valence-electron chi connectivity index (χ3n) is 3.86. The third-order valence-corrected chi connectivity index (χ3v) is 3.86. The number of nitriles is 1. The highest BCUT2D eigenvalue weighted by molar-refractivity contribution is 6.18. The fourth-order valence-electron chi connectivity index (χ4n) is 2.54. The number of carbonyl (C=O) groups is 2. The first kappa shape index (κ1) is 12.8. The largest absolute Gasteiger partial charge is 0.290 e. The van der Waals surface area contributed by atoms with Crippen LogP contribution in [0.2, 0.25) is 0 Å². The Hall–Kier alpha value is -1.67. The number of amides is 2. The molecule has 2 aliphatic heterocycles. The van der Waals surface area contributed by atoms with Gasteiger partial charge in [0, 0.05) is 30.3 Å². The number of hydrogen-bond donors (Lipinski definition) is 0. The van der Waals surface area contributed by atoms with Gasteiger partial charge in [0.1, 0.15) is 0 Å². The SMILES string of the molecule is CC1=C(C)C(=O)N(C2CCN(CC#N)CC2)C1=O. The van der Waals surface area contributed by atoms with Crippen LogP contribution in [-0.4, -0.2) is 47.3 Å². The van der Waals surface area contributed by atoms with Crippen molar-refractivity contribution in [3.05, 3.63) is 11.1 Å². The first-order valence-corrected chi connectivity index (χ1v) is 6.21. The summed E-state index contributed by atoms with van der Waals surface area (Å²) >= 11 is 0. The van der Waals surface area contributed by atoms with E-state index in [1.54, 1.807) is 13.8 Å². The number of rotatable bonds is 2. The zero-order valence-corrected chi connectivity index (χ0v) is 10.8. The molecule has 2 aliphatic rings. The van der Waals surface area contributed by atoms with Gasteiger partial charge in [-0.05, 0) is 26.7 Å². The van der Waals surface area contributed by atoms with Crippen LogP contribution in [0, 0.1) is 11.3 Å². The van der Waals surface area contributed by atoms with Gasteiger partial charge in [0.15, 0.2) is 0 Å². The van der Waals surface area contributed by atoms with E-state index in [1.165, 1.54) is 4.90 Å². The number of nitrogens with zero attached hydrogens (tertiary/aromatic N) is 3. The maximum Gasteiger partial charge on any atom is 0.257 e. The van der Waals surface area contributed by atoms with Crippen LogP contribution in [0.25, 0.3) is 0 Å². The van der Waals surface area contributed by atoms with Crippen molar-refractivity contribution in [2.45, 2.75) is 32.7 Å². The summed E-state index contributed by atoms with van der Waals surface area (Å²) in [7, 11) is 0. The van der Waals surface area contributed by atoms with Crippen LogP contribution in [0.15, 0.2) is 11.1 Å². The Labute approximate surface area is 107 Å². The molecule has 0 aromatic rings. The summed E-state index contributed by atoms with van der Waals surface area (Å²) in [5.41, 5.74) is 1.14. The van der Waals surface area contributed by atoms with Crippen molar-refractivity contribution in [2.75, 3.05) is 19.6 Å². The Morgan fingerprint density at radius 3 is 2.11 bits per heavy atom. The highest BCUT2D eigenvalue weighted by atomic mass is 16.2. The second kappa shape index (κ2) is 4.91. The Balaban J connectivity index is 2.02. The molecule has 5 nitrogen and oxygen atoms in total. The predicted octanol–water partition coefficient (Wildman–Crippen LogP) is 0.680. The van der Waals surface area contributed by atoms with Crippen LogP contribution < -0.4 is 0 Å². The molecule has 0 spiro atoms. The van der Waals surface area contributed by atoms with Crippen LogP contribution in [0.1, 0.15) is 26.7 Å². The molecule has 18 heavy (non-hydrogen) atoms. The van der Waals surface area contributed by atoms with Gasteiger partial charge in [0.05, 0.1) is 12.6 Å². The van der Waals surface area contributed by atoms with Crippen molar-refractivity contribution in [1.29, 1.82) is 5.26 Å². The van der Waals surface area contributed by atoms with E-state index in [1.807, 2.05) is 0 Å². The summed E-state index contributed by atoms with van der Waals surface area (Å²) in [6.07, 6.45) is 1.53. The Morgan fingerprint density at radius 2 is 1.67 bits per heavy atom. The van der Waals surface area contributed by atoms with Gasteiger partial charge in [-0.25, -0.2) is 0 Å². The van der Waals surface area contributed by atoms with Crippen LogP contribution in [-0.2, 0) is 9.59 Å². The standard InChI is InChI=1S/C13H17N3O2/c1-9-10(2)13(18)16(12(9)17)11-3-6-15(7-4-11)8-5-14/h11H,3-4,6-8H2,1-2H3. The summed E-state index contributed by atoms with van der Waals surface area (Å²) in [6, 6.07) is 2.12. The van der Waals surface area contributed by atoms with E-state index in [0.29, 0.717) is 17.7 Å². The fourth-order valence-corrected chi connectivity index (χ4v) is 2.54. The Morgan fingerprint density at radius 1 is 1.17 bits per heavy atom. The lowest BCUT2D eigenvalue weighted by Crippen LogP contribution is -2.47. The van der Waals surface area contributed by atoms with Gasteiger partial charge in [-0.2, -0.15) is 5.26 Å². The molecule has 96 valence electrons. The molecule has 0 bridgehead atoms. The summed E-state index contributed by atoms with van der Waals surface area (Å²) < 4.78 is 0. The molecule has 0 aliphatic carbocycles. The Kier molecular flexibility index (Phi) is 3.48. The number of carbonyl (C=O) groups excluding carboxylic acids is 2. The van der Waals surface area contributed by atoms with E-state index in [9.17, 15) is 9.59 Å². The number of imide groups is 1. The van der Waals surface area contributed by atoms with E-state index in [-0.39, 0.29) is 17.9 Å². The van der Waals surface area contributed by atoms with Crippen LogP contribution in [0.4, 0.5) is 0 Å². The highest BCUT2D eigenvalue weighted by Gasteiger charge is 2.39. The zero-order valence-electron chi connectivity index (χ0n) is 10.8. The van der Waals surface area contributed by atoms with E-state index >= 15 is 0 Å². The molecule has 0 N–H and O–H groups in total. The van der Waals surface area contributed by atoms with Gasteiger partial charge in [-0.15, -0.1) is 0 Å². The molecule has 0 atom stereocenters. The second-order valence-corrected chi connectivity index (χ2v) is 4.90. The molecular weight excluding hydrogens is 230 g/mol. The quantitative estimate of drug-likeness (QED) is 0.531. The topological polar surface area (TPSA) is 64.4 Å². The second-order valence-electron chi connectivity index (χ2n) is 4.90. The molecule has 0 unspecified atom stereocenters. The molecule has 5 heteroatoms. The van der Waals surface area contributed by atoms with E-state index in [2.05, 4.69) is 11.0 Å². The van der Waals surface area contributed by atoms with Crippen molar-refractivity contribution in [1.82, 2.24) is 9.80 Å². The number of hydrogen-bond acceptors (Lipinski definition) is 4. The molecule has 1 fully saturated rings. The van der Waals surface area contributed by atoms with Crippen molar-refractivity contribution >= 4 is 11.8 Å². The minimum absolute atomic E-state index is 0.00709. The summed E-state index contributed by atoms with van der Waals surface area (Å²) in [5, 5.41) is 8.63. The molecule has 2 heterocycles. The maximum absolute atomic E-state index is 12.0. The van der Waals surface area contributed by atoms with Gasteiger partial charge < -0.3 is 0 Å². The van der Waals surface area contributed by atoms with Gasteiger partial charge in [-0.3, -0.25) is 19.4 Å². The first-order valence-electron chi connectivity index (χ1n) is 6.21. The molecule has 2 rings (SSSR count). The average Bonchev–Trinajstić information content (AvgIpc) is 2.56. The lowest BCUT2D eigenvalue weighted by molar-refractivity contribution is -0.141.